The molecule has 0 atom stereocenters. The van der Waals surface area contributed by atoms with Gasteiger partial charge in [-0.05, 0) is 12.1 Å². The first-order chi connectivity index (χ1) is 13.2. The maximum absolute atomic E-state index is 15.3. The van der Waals surface area contributed by atoms with Crippen LogP contribution in [-0.2, 0) is 6.54 Å². The van der Waals surface area contributed by atoms with E-state index in [0.29, 0.717) is 24.5 Å². The molecule has 7 nitrogen and oxygen atoms in total. The molecule has 0 aliphatic carbocycles. The third-order valence-electron chi connectivity index (χ3n) is 4.99. The summed E-state index contributed by atoms with van der Waals surface area (Å²) in [5, 5.41) is 11.6. The van der Waals surface area contributed by atoms with Crippen molar-refractivity contribution in [2.24, 2.45) is 4.99 Å². The molecule has 2 aliphatic heterocycles. The molecule has 0 amide bonds. The van der Waals surface area contributed by atoms with Gasteiger partial charge in [0.25, 0.3) is 0 Å². The van der Waals surface area contributed by atoms with Crippen LogP contribution in [0.25, 0.3) is 22.2 Å². The number of nitrogens with zero attached hydrogens (tertiary/aromatic N) is 6. The fourth-order valence-electron chi connectivity index (χ4n) is 3.79. The largest absolute Gasteiger partial charge is 0.308 e. The van der Waals surface area contributed by atoms with Gasteiger partial charge in [0.15, 0.2) is 0 Å². The van der Waals surface area contributed by atoms with Crippen LogP contribution in [-0.4, -0.2) is 37.3 Å². The van der Waals surface area contributed by atoms with Gasteiger partial charge in [-0.15, -0.1) is 0 Å². The van der Waals surface area contributed by atoms with E-state index in [0.717, 1.165) is 11.4 Å². The smallest absolute Gasteiger partial charge is 0.148 e. The maximum atomic E-state index is 15.3. The van der Waals surface area contributed by atoms with Crippen LogP contribution in [0, 0.1) is 11.6 Å². The van der Waals surface area contributed by atoms with Gasteiger partial charge in [-0.25, -0.2) is 18.5 Å². The predicted molar refractivity (Wildman–Crippen MR) is 95.0 cm³/mol. The Hall–Kier alpha value is -3.62. The van der Waals surface area contributed by atoms with E-state index in [1.807, 2.05) is 0 Å². The summed E-state index contributed by atoms with van der Waals surface area (Å²) in [6, 6.07) is 4.45. The third kappa shape index (κ3) is 1.82. The Morgan fingerprint density at radius 2 is 2.07 bits per heavy atom. The second-order valence-corrected chi connectivity index (χ2v) is 6.44. The lowest BCUT2D eigenvalue weighted by Crippen LogP contribution is -2.31. The van der Waals surface area contributed by atoms with Crippen molar-refractivity contribution in [3.8, 4) is 11.3 Å². The van der Waals surface area contributed by atoms with Crippen molar-refractivity contribution in [3.63, 3.8) is 0 Å². The molecule has 0 saturated carbocycles. The van der Waals surface area contributed by atoms with Gasteiger partial charge < -0.3 is 4.90 Å². The predicted octanol–water partition coefficient (Wildman–Crippen LogP) is 3.01. The number of anilines is 1. The molecular weight excluding hydrogens is 352 g/mol. The van der Waals surface area contributed by atoms with E-state index in [9.17, 15) is 4.39 Å². The van der Waals surface area contributed by atoms with Crippen LogP contribution < -0.4 is 4.90 Å². The van der Waals surface area contributed by atoms with Crippen LogP contribution in [0.1, 0.15) is 5.56 Å². The van der Waals surface area contributed by atoms with Crippen molar-refractivity contribution >= 4 is 28.2 Å². The SMILES string of the molecule is Fc1cc2ncccc2c(F)c1C1=Nc2cn[nH]c2-c2cnn3c2N1CC3. The molecule has 1 aromatic carbocycles. The zero-order valence-electron chi connectivity index (χ0n) is 13.8. The number of aromatic nitrogens is 5. The highest BCUT2D eigenvalue weighted by Gasteiger charge is 2.35. The van der Waals surface area contributed by atoms with Crippen LogP contribution in [0.2, 0.25) is 0 Å². The first kappa shape index (κ1) is 14.5. The Labute approximate surface area is 151 Å². The molecule has 0 spiro atoms. The number of aromatic amines is 1. The molecule has 0 saturated heterocycles. The number of benzene rings is 1. The highest BCUT2D eigenvalue weighted by atomic mass is 19.1. The van der Waals surface area contributed by atoms with E-state index in [1.165, 1.54) is 12.3 Å². The van der Waals surface area contributed by atoms with Crippen LogP contribution in [0.4, 0.5) is 20.3 Å². The van der Waals surface area contributed by atoms with Gasteiger partial charge in [0.05, 0.1) is 41.3 Å². The number of nitrogens with one attached hydrogen (secondary N) is 1. The highest BCUT2D eigenvalue weighted by molar-refractivity contribution is 6.15. The first-order valence-electron chi connectivity index (χ1n) is 8.41. The van der Waals surface area contributed by atoms with Crippen molar-refractivity contribution in [1.82, 2.24) is 25.0 Å². The number of hydrogen-bond acceptors (Lipinski definition) is 5. The van der Waals surface area contributed by atoms with Gasteiger partial charge in [0.2, 0.25) is 0 Å². The average Bonchev–Trinajstić information content (AvgIpc) is 3.36. The summed E-state index contributed by atoms with van der Waals surface area (Å²) in [5.74, 6) is -0.426. The van der Waals surface area contributed by atoms with Crippen molar-refractivity contribution in [2.45, 2.75) is 6.54 Å². The summed E-state index contributed by atoms with van der Waals surface area (Å²) in [6.45, 7) is 1.13. The lowest BCUT2D eigenvalue weighted by Gasteiger charge is -2.20. The minimum Gasteiger partial charge on any atom is -0.308 e. The van der Waals surface area contributed by atoms with Gasteiger partial charge in [0, 0.05) is 24.2 Å². The number of amidine groups is 1. The number of rotatable bonds is 1. The first-order valence-corrected chi connectivity index (χ1v) is 8.41. The monoisotopic (exact) mass is 363 g/mol. The van der Waals surface area contributed by atoms with E-state index in [-0.39, 0.29) is 22.3 Å². The van der Waals surface area contributed by atoms with Crippen molar-refractivity contribution < 1.29 is 8.78 Å². The Balaban J connectivity index is 1.69. The molecule has 9 heteroatoms. The third-order valence-corrected chi connectivity index (χ3v) is 4.99. The second kappa shape index (κ2) is 4.97. The van der Waals surface area contributed by atoms with E-state index >= 15 is 4.39 Å². The molecule has 3 aromatic heterocycles. The maximum Gasteiger partial charge on any atom is 0.148 e. The highest BCUT2D eigenvalue weighted by Crippen LogP contribution is 2.42. The molecule has 6 rings (SSSR count). The number of aliphatic imine (C=N–C) groups is 1. The zero-order chi connectivity index (χ0) is 18.1. The Bertz CT molecular complexity index is 1270. The summed E-state index contributed by atoms with van der Waals surface area (Å²) >= 11 is 0. The molecule has 0 fully saturated rings. The average molecular weight is 363 g/mol. The topological polar surface area (TPSA) is 75.0 Å². The van der Waals surface area contributed by atoms with Crippen molar-refractivity contribution in [2.75, 3.05) is 11.4 Å². The molecule has 27 heavy (non-hydrogen) atoms. The molecule has 4 aromatic rings. The minimum absolute atomic E-state index is 0.176. The van der Waals surface area contributed by atoms with Gasteiger partial charge in [-0.1, -0.05) is 0 Å². The molecule has 2 aliphatic rings. The van der Waals surface area contributed by atoms with Crippen molar-refractivity contribution in [1.29, 1.82) is 0 Å². The molecule has 0 radical (unpaired) electrons. The Kier molecular flexibility index (Phi) is 2.67. The molecule has 0 bridgehead atoms. The molecular formula is C18H11F2N7. The normalized spacial score (nSPS) is 14.9. The summed E-state index contributed by atoms with van der Waals surface area (Å²) in [6.07, 6.45) is 4.76. The van der Waals surface area contributed by atoms with E-state index < -0.39 is 11.6 Å². The van der Waals surface area contributed by atoms with Crippen LogP contribution in [0.3, 0.4) is 0 Å². The lowest BCUT2D eigenvalue weighted by molar-refractivity contribution is 0.586. The van der Waals surface area contributed by atoms with E-state index in [4.69, 9.17) is 0 Å². The van der Waals surface area contributed by atoms with E-state index in [2.05, 4.69) is 25.3 Å². The summed E-state index contributed by atoms with van der Waals surface area (Å²) in [7, 11) is 0. The summed E-state index contributed by atoms with van der Waals surface area (Å²) < 4.78 is 32.1. The van der Waals surface area contributed by atoms with Crippen molar-refractivity contribution in [3.05, 3.63) is 54.0 Å². The van der Waals surface area contributed by atoms with Gasteiger partial charge in [-0.2, -0.15) is 10.2 Å². The second-order valence-electron chi connectivity index (χ2n) is 6.44. The molecule has 0 unspecified atom stereocenters. The minimum atomic E-state index is -0.705. The quantitative estimate of drug-likeness (QED) is 0.564. The molecule has 5 heterocycles. The summed E-state index contributed by atoms with van der Waals surface area (Å²) in [5.41, 5.74) is 2.09. The number of hydrogen-bond donors (Lipinski definition) is 1. The van der Waals surface area contributed by atoms with Crippen LogP contribution in [0.5, 0.6) is 0 Å². The number of pyridine rings is 1. The zero-order valence-corrected chi connectivity index (χ0v) is 13.8. The standard InChI is InChI=1S/C18H11F2N7/c19-11-6-12-9(2-1-3-21-12)15(20)14(11)17-24-13-8-22-25-16(13)10-7-23-27-5-4-26(17)18(10)27/h1-3,6-8H,4-5H2,(H,22,25). The number of H-pyrrole nitrogens is 1. The fraction of sp³-hybridized carbons (Fsp3) is 0.111. The summed E-state index contributed by atoms with van der Waals surface area (Å²) in [4.78, 5) is 10.4. The molecule has 132 valence electrons. The fourth-order valence-corrected chi connectivity index (χ4v) is 3.79. The van der Waals surface area contributed by atoms with Crippen LogP contribution >= 0.6 is 0 Å². The lowest BCUT2D eigenvalue weighted by atomic mass is 10.1. The Morgan fingerprint density at radius 3 is 3.00 bits per heavy atom. The van der Waals surface area contributed by atoms with Crippen LogP contribution in [0.15, 0.2) is 41.8 Å². The molecule has 1 N–H and O–H groups in total. The number of halogens is 2. The number of fused-ring (bicyclic) bond motifs is 3. The van der Waals surface area contributed by atoms with Gasteiger partial charge in [-0.3, -0.25) is 10.1 Å². The van der Waals surface area contributed by atoms with E-state index in [1.54, 1.807) is 34.1 Å². The van der Waals surface area contributed by atoms with Gasteiger partial charge in [0.1, 0.15) is 29.0 Å². The Morgan fingerprint density at radius 1 is 1.15 bits per heavy atom. The van der Waals surface area contributed by atoms with Gasteiger partial charge >= 0.3 is 0 Å².